The number of aliphatic hydroxyl groups excluding tert-OH is 1. The first kappa shape index (κ1) is 14.9. The van der Waals surface area contributed by atoms with E-state index in [1.807, 2.05) is 6.08 Å². The van der Waals surface area contributed by atoms with Crippen LogP contribution in [0.2, 0.25) is 0 Å². The predicted octanol–water partition coefficient (Wildman–Crippen LogP) is 1.70. The van der Waals surface area contributed by atoms with Crippen molar-refractivity contribution >= 4 is 0 Å². The normalized spacial score (nSPS) is 42.4. The number of hydrogen-bond acceptors (Lipinski definition) is 4. The summed E-state index contributed by atoms with van der Waals surface area (Å²) in [7, 11) is 0. The maximum atomic E-state index is 12.0. The van der Waals surface area contributed by atoms with E-state index in [9.17, 15) is 10.2 Å². The summed E-state index contributed by atoms with van der Waals surface area (Å²) in [6.07, 6.45) is 4.02. The number of aryl methyl sites for hydroxylation is 1. The van der Waals surface area contributed by atoms with Gasteiger partial charge in [0.05, 0.1) is 17.1 Å². The Balaban J connectivity index is 1.78. The van der Waals surface area contributed by atoms with E-state index in [0.717, 1.165) is 37.2 Å². The highest BCUT2D eigenvalue weighted by molar-refractivity contribution is 5.60. The van der Waals surface area contributed by atoms with E-state index in [1.54, 1.807) is 0 Å². The number of nitrogens with zero attached hydrogens (tertiary/aromatic N) is 1. The van der Waals surface area contributed by atoms with Gasteiger partial charge in [0.1, 0.15) is 11.9 Å². The van der Waals surface area contributed by atoms with Gasteiger partial charge in [0.15, 0.2) is 0 Å². The lowest BCUT2D eigenvalue weighted by atomic mass is 9.48. The Morgan fingerprint density at radius 1 is 1.42 bits per heavy atom. The molecule has 0 amide bonds. The first-order valence-electron chi connectivity index (χ1n) is 9.08. The van der Waals surface area contributed by atoms with Crippen LogP contribution in [0.5, 0.6) is 5.75 Å². The Labute approximate surface area is 142 Å². The summed E-state index contributed by atoms with van der Waals surface area (Å²) in [5.41, 5.74) is 2.31. The molecule has 0 aromatic heterocycles. The van der Waals surface area contributed by atoms with Gasteiger partial charge in [-0.15, -0.1) is 6.58 Å². The molecule has 4 aliphatic rings. The average molecular weight is 327 g/mol. The molecule has 1 saturated heterocycles. The fourth-order valence-electron chi connectivity index (χ4n) is 6.14. The smallest absolute Gasteiger partial charge is 0.137 e. The third-order valence-corrected chi connectivity index (χ3v) is 7.12. The molecule has 2 heterocycles. The molecule has 4 heteroatoms. The van der Waals surface area contributed by atoms with Crippen LogP contribution >= 0.6 is 0 Å². The molecule has 24 heavy (non-hydrogen) atoms. The van der Waals surface area contributed by atoms with Gasteiger partial charge in [0.25, 0.3) is 0 Å². The van der Waals surface area contributed by atoms with E-state index < -0.39 is 17.1 Å². The second-order valence-corrected chi connectivity index (χ2v) is 8.04. The van der Waals surface area contributed by atoms with Crippen molar-refractivity contribution in [3.63, 3.8) is 0 Å². The van der Waals surface area contributed by atoms with Crippen LogP contribution in [0.4, 0.5) is 0 Å². The summed E-state index contributed by atoms with van der Waals surface area (Å²) in [6.45, 7) is 7.67. The molecule has 4 nitrogen and oxygen atoms in total. The predicted molar refractivity (Wildman–Crippen MR) is 91.3 cm³/mol. The van der Waals surface area contributed by atoms with E-state index in [1.165, 1.54) is 11.1 Å². The summed E-state index contributed by atoms with van der Waals surface area (Å²) < 4.78 is 6.33. The minimum Gasteiger partial charge on any atom is -0.486 e. The molecule has 2 fully saturated rings. The van der Waals surface area contributed by atoms with Crippen LogP contribution in [0, 0.1) is 6.92 Å². The monoisotopic (exact) mass is 327 g/mol. The van der Waals surface area contributed by atoms with Gasteiger partial charge in [-0.3, -0.25) is 4.90 Å². The first-order chi connectivity index (χ1) is 11.5. The molecule has 1 aromatic carbocycles. The lowest BCUT2D eigenvalue weighted by molar-refractivity contribution is -0.206. The molecule has 2 aliphatic carbocycles. The fourth-order valence-corrected chi connectivity index (χ4v) is 6.14. The molecule has 2 bridgehead atoms. The van der Waals surface area contributed by atoms with Crippen molar-refractivity contribution in [2.45, 2.75) is 61.9 Å². The van der Waals surface area contributed by atoms with Crippen LogP contribution < -0.4 is 4.74 Å². The van der Waals surface area contributed by atoms with Crippen molar-refractivity contribution in [1.29, 1.82) is 0 Å². The van der Waals surface area contributed by atoms with Gasteiger partial charge < -0.3 is 14.9 Å². The summed E-state index contributed by atoms with van der Waals surface area (Å²) >= 11 is 0. The van der Waals surface area contributed by atoms with E-state index >= 15 is 0 Å². The quantitative estimate of drug-likeness (QED) is 0.812. The van der Waals surface area contributed by atoms with Crippen molar-refractivity contribution < 1.29 is 14.9 Å². The minimum absolute atomic E-state index is 0.0732. The highest BCUT2D eigenvalue weighted by atomic mass is 16.5. The molecular weight excluding hydrogens is 302 g/mol. The van der Waals surface area contributed by atoms with Crippen LogP contribution in [0.3, 0.4) is 0 Å². The zero-order valence-electron chi connectivity index (χ0n) is 14.2. The van der Waals surface area contributed by atoms with Gasteiger partial charge in [0.2, 0.25) is 0 Å². The van der Waals surface area contributed by atoms with Crippen molar-refractivity contribution in [2.75, 3.05) is 13.1 Å². The molecule has 1 spiro atoms. The van der Waals surface area contributed by atoms with E-state index in [0.29, 0.717) is 12.8 Å². The first-order valence-corrected chi connectivity index (χ1v) is 9.08. The lowest BCUT2D eigenvalue weighted by Crippen LogP contribution is -2.77. The molecule has 5 atom stereocenters. The van der Waals surface area contributed by atoms with E-state index in [2.05, 4.69) is 30.5 Å². The Kier molecular flexibility index (Phi) is 2.88. The number of hydrogen-bond donors (Lipinski definition) is 2. The van der Waals surface area contributed by atoms with Crippen molar-refractivity contribution in [1.82, 2.24) is 4.90 Å². The van der Waals surface area contributed by atoms with Crippen LogP contribution in [0.25, 0.3) is 0 Å². The van der Waals surface area contributed by atoms with Crippen LogP contribution in [0.1, 0.15) is 36.0 Å². The molecule has 0 radical (unpaired) electrons. The molecule has 2 N–H and O–H groups in total. The summed E-state index contributed by atoms with van der Waals surface area (Å²) in [4.78, 5) is 2.37. The number of aliphatic hydroxyl groups is 2. The second-order valence-electron chi connectivity index (χ2n) is 8.04. The Hall–Kier alpha value is -1.36. The summed E-state index contributed by atoms with van der Waals surface area (Å²) in [5, 5.41) is 22.7. The zero-order chi connectivity index (χ0) is 16.7. The minimum atomic E-state index is -0.829. The van der Waals surface area contributed by atoms with E-state index in [4.69, 9.17) is 4.74 Å². The number of benzene rings is 1. The van der Waals surface area contributed by atoms with Gasteiger partial charge in [0, 0.05) is 18.2 Å². The SMILES string of the molecule is C=CCN1CC[C@@]23c4c5ccc(C)c4O[C@@H]2[C@H](O)CC[C@]3(O)[C@@H]1C5. The third-order valence-electron chi connectivity index (χ3n) is 7.12. The molecular formula is C20H25NO3. The highest BCUT2D eigenvalue weighted by Gasteiger charge is 2.72. The van der Waals surface area contributed by atoms with Gasteiger partial charge >= 0.3 is 0 Å². The third kappa shape index (κ3) is 1.47. The standard InChI is InChI=1S/C20H25NO3/c1-3-9-21-10-8-19-16-13-5-4-12(2)17(16)24-18(19)14(22)6-7-20(19,23)15(21)11-13/h3-5,14-15,18,22-23H,1,6-11H2,2H3/t14-,15+,18-,19-,20+/m1/s1. The molecule has 5 rings (SSSR count). The molecule has 2 aliphatic heterocycles. The maximum Gasteiger partial charge on any atom is 0.137 e. The average Bonchev–Trinajstić information content (AvgIpc) is 2.91. The lowest BCUT2D eigenvalue weighted by Gasteiger charge is -2.63. The van der Waals surface area contributed by atoms with Gasteiger partial charge in [-0.2, -0.15) is 0 Å². The number of piperidine rings is 1. The molecule has 128 valence electrons. The van der Waals surface area contributed by atoms with Crippen molar-refractivity contribution in [3.05, 3.63) is 41.5 Å². The van der Waals surface area contributed by atoms with E-state index in [-0.39, 0.29) is 12.1 Å². The van der Waals surface area contributed by atoms with Crippen LogP contribution in [-0.4, -0.2) is 52.1 Å². The topological polar surface area (TPSA) is 52.9 Å². The number of rotatable bonds is 2. The van der Waals surface area contributed by atoms with Crippen molar-refractivity contribution in [3.8, 4) is 5.75 Å². The fraction of sp³-hybridized carbons (Fsp3) is 0.600. The Morgan fingerprint density at radius 3 is 3.04 bits per heavy atom. The van der Waals surface area contributed by atoms with Crippen molar-refractivity contribution in [2.24, 2.45) is 0 Å². The Morgan fingerprint density at radius 2 is 2.25 bits per heavy atom. The maximum absolute atomic E-state index is 12.0. The number of likely N-dealkylation sites (tertiary alicyclic amines) is 1. The molecule has 1 aromatic rings. The number of ether oxygens (including phenoxy) is 1. The molecule has 0 unspecified atom stereocenters. The second kappa shape index (κ2) is 4.63. The van der Waals surface area contributed by atoms with Gasteiger partial charge in [-0.25, -0.2) is 0 Å². The zero-order valence-corrected chi connectivity index (χ0v) is 14.2. The Bertz CT molecular complexity index is 732. The van der Waals surface area contributed by atoms with Gasteiger partial charge in [-0.1, -0.05) is 18.2 Å². The largest absolute Gasteiger partial charge is 0.486 e. The van der Waals surface area contributed by atoms with Gasteiger partial charge in [-0.05, 0) is 50.3 Å². The highest BCUT2D eigenvalue weighted by Crippen LogP contribution is 2.64. The summed E-state index contributed by atoms with van der Waals surface area (Å²) in [6, 6.07) is 4.39. The van der Waals surface area contributed by atoms with Crippen LogP contribution in [0.15, 0.2) is 24.8 Å². The molecule has 1 saturated carbocycles. The summed E-state index contributed by atoms with van der Waals surface area (Å²) in [5.74, 6) is 0.924. The van der Waals surface area contributed by atoms with Crippen LogP contribution in [-0.2, 0) is 11.8 Å².